The Bertz CT molecular complexity index is 764. The number of piperazine rings is 1. The standard InChI is InChI=1S/C17H23N7O/c1-21-6-5-18-15(16(21)25)13-22-11-14(12-22)23-7-9-24(10-8-23)17-19-3-2-4-20-17/h2-6,14H,7-13H2,1H3. The summed E-state index contributed by atoms with van der Waals surface area (Å²) in [6.07, 6.45) is 6.97. The Labute approximate surface area is 146 Å². The predicted molar refractivity (Wildman–Crippen MR) is 94.4 cm³/mol. The monoisotopic (exact) mass is 341 g/mol. The van der Waals surface area contributed by atoms with E-state index in [1.165, 1.54) is 0 Å². The van der Waals surface area contributed by atoms with Crippen LogP contribution in [0.1, 0.15) is 5.69 Å². The second-order valence-electron chi connectivity index (χ2n) is 6.71. The quantitative estimate of drug-likeness (QED) is 0.748. The predicted octanol–water partition coefficient (Wildman–Crippen LogP) is -0.423. The summed E-state index contributed by atoms with van der Waals surface area (Å²) in [6, 6.07) is 2.42. The van der Waals surface area contributed by atoms with E-state index in [9.17, 15) is 4.79 Å². The summed E-state index contributed by atoms with van der Waals surface area (Å²) < 4.78 is 1.59. The third-order valence-corrected chi connectivity index (χ3v) is 5.06. The SMILES string of the molecule is Cn1ccnc(CN2CC(N3CCN(c4ncccn4)CC3)C2)c1=O. The first-order valence-electron chi connectivity index (χ1n) is 8.69. The van der Waals surface area contributed by atoms with Crippen LogP contribution in [0.25, 0.3) is 0 Å². The van der Waals surface area contributed by atoms with E-state index in [4.69, 9.17) is 0 Å². The third kappa shape index (κ3) is 3.40. The van der Waals surface area contributed by atoms with Crippen molar-refractivity contribution in [2.75, 3.05) is 44.2 Å². The molecule has 0 radical (unpaired) electrons. The lowest BCUT2D eigenvalue weighted by Crippen LogP contribution is -2.63. The van der Waals surface area contributed by atoms with Crippen molar-refractivity contribution in [3.05, 3.63) is 46.9 Å². The normalized spacial score (nSPS) is 19.8. The molecule has 0 aromatic carbocycles. The second kappa shape index (κ2) is 6.89. The number of aromatic nitrogens is 4. The lowest BCUT2D eigenvalue weighted by atomic mass is 10.1. The molecule has 0 N–H and O–H groups in total. The van der Waals surface area contributed by atoms with Gasteiger partial charge >= 0.3 is 0 Å². The van der Waals surface area contributed by atoms with Gasteiger partial charge < -0.3 is 9.47 Å². The highest BCUT2D eigenvalue weighted by Crippen LogP contribution is 2.19. The average molecular weight is 341 g/mol. The molecular formula is C17H23N7O. The molecule has 0 aliphatic carbocycles. The zero-order valence-corrected chi connectivity index (χ0v) is 14.5. The summed E-state index contributed by atoms with van der Waals surface area (Å²) in [5, 5.41) is 0. The van der Waals surface area contributed by atoms with Crippen molar-refractivity contribution < 1.29 is 0 Å². The number of hydrogen-bond donors (Lipinski definition) is 0. The molecule has 0 saturated carbocycles. The van der Waals surface area contributed by atoms with E-state index in [0.717, 1.165) is 45.2 Å². The summed E-state index contributed by atoms with van der Waals surface area (Å²) in [7, 11) is 1.77. The maximum absolute atomic E-state index is 12.0. The summed E-state index contributed by atoms with van der Waals surface area (Å²) in [6.45, 7) is 6.62. The maximum atomic E-state index is 12.0. The van der Waals surface area contributed by atoms with E-state index < -0.39 is 0 Å². The molecule has 2 fully saturated rings. The molecule has 0 bridgehead atoms. The van der Waals surface area contributed by atoms with Gasteiger partial charge in [-0.1, -0.05) is 0 Å². The van der Waals surface area contributed by atoms with E-state index in [2.05, 4.69) is 29.7 Å². The van der Waals surface area contributed by atoms with E-state index in [0.29, 0.717) is 18.3 Å². The van der Waals surface area contributed by atoms with E-state index in [1.807, 2.05) is 6.07 Å². The van der Waals surface area contributed by atoms with Crippen molar-refractivity contribution in [3.63, 3.8) is 0 Å². The van der Waals surface area contributed by atoms with Gasteiger partial charge in [-0.05, 0) is 6.07 Å². The molecular weight excluding hydrogens is 318 g/mol. The van der Waals surface area contributed by atoms with Crippen molar-refractivity contribution in [2.45, 2.75) is 12.6 Å². The molecule has 25 heavy (non-hydrogen) atoms. The lowest BCUT2D eigenvalue weighted by molar-refractivity contribution is 0.0244. The van der Waals surface area contributed by atoms with Crippen LogP contribution in [0, 0.1) is 0 Å². The summed E-state index contributed by atoms with van der Waals surface area (Å²) in [5.41, 5.74) is 0.636. The van der Waals surface area contributed by atoms with E-state index >= 15 is 0 Å². The number of aryl methyl sites for hydroxylation is 1. The fourth-order valence-corrected chi connectivity index (χ4v) is 3.51. The summed E-state index contributed by atoms with van der Waals surface area (Å²) in [4.78, 5) is 32.0. The van der Waals surface area contributed by atoms with Crippen LogP contribution in [0.3, 0.4) is 0 Å². The maximum Gasteiger partial charge on any atom is 0.273 e. The average Bonchev–Trinajstić information content (AvgIpc) is 2.62. The molecule has 0 spiro atoms. The Kier molecular flexibility index (Phi) is 4.46. The molecule has 2 aromatic heterocycles. The molecule has 0 unspecified atom stereocenters. The highest BCUT2D eigenvalue weighted by atomic mass is 16.1. The molecule has 132 valence electrons. The molecule has 8 nitrogen and oxygen atoms in total. The molecule has 2 aliphatic rings. The van der Waals surface area contributed by atoms with E-state index in [1.54, 1.807) is 36.4 Å². The van der Waals surface area contributed by atoms with Gasteiger partial charge in [0, 0.05) is 83.7 Å². The second-order valence-corrected chi connectivity index (χ2v) is 6.71. The van der Waals surface area contributed by atoms with Gasteiger partial charge in [0.25, 0.3) is 5.56 Å². The number of nitrogens with zero attached hydrogens (tertiary/aromatic N) is 7. The van der Waals surface area contributed by atoms with Crippen molar-refractivity contribution in [1.82, 2.24) is 29.3 Å². The molecule has 8 heteroatoms. The van der Waals surface area contributed by atoms with Gasteiger partial charge in [-0.2, -0.15) is 0 Å². The summed E-state index contributed by atoms with van der Waals surface area (Å²) in [5.74, 6) is 0.823. The zero-order valence-electron chi connectivity index (χ0n) is 14.5. The van der Waals surface area contributed by atoms with Crippen molar-refractivity contribution in [2.24, 2.45) is 7.05 Å². The summed E-state index contributed by atoms with van der Waals surface area (Å²) >= 11 is 0. The molecule has 2 aromatic rings. The van der Waals surface area contributed by atoms with Crippen LogP contribution in [-0.4, -0.2) is 74.6 Å². The minimum Gasteiger partial charge on any atom is -0.338 e. The van der Waals surface area contributed by atoms with Gasteiger partial charge in [-0.15, -0.1) is 0 Å². The Balaban J connectivity index is 1.26. The van der Waals surface area contributed by atoms with Crippen molar-refractivity contribution in [3.8, 4) is 0 Å². The lowest BCUT2D eigenvalue weighted by Gasteiger charge is -2.48. The van der Waals surface area contributed by atoms with Crippen LogP contribution in [-0.2, 0) is 13.6 Å². The number of anilines is 1. The van der Waals surface area contributed by atoms with Crippen LogP contribution >= 0.6 is 0 Å². The van der Waals surface area contributed by atoms with Crippen molar-refractivity contribution in [1.29, 1.82) is 0 Å². The molecule has 0 atom stereocenters. The van der Waals surface area contributed by atoms with Gasteiger partial charge in [0.2, 0.25) is 5.95 Å². The fraction of sp³-hybridized carbons (Fsp3) is 0.529. The van der Waals surface area contributed by atoms with Gasteiger partial charge in [-0.3, -0.25) is 19.6 Å². The van der Waals surface area contributed by atoms with Gasteiger partial charge in [-0.25, -0.2) is 9.97 Å². The molecule has 2 aliphatic heterocycles. The third-order valence-electron chi connectivity index (χ3n) is 5.06. The minimum absolute atomic E-state index is 0.00225. The van der Waals surface area contributed by atoms with Crippen molar-refractivity contribution >= 4 is 5.95 Å². The largest absolute Gasteiger partial charge is 0.338 e. The van der Waals surface area contributed by atoms with Gasteiger partial charge in [0.1, 0.15) is 5.69 Å². The topological polar surface area (TPSA) is 70.4 Å². The van der Waals surface area contributed by atoms with E-state index in [-0.39, 0.29) is 5.56 Å². The minimum atomic E-state index is 0.00225. The fourth-order valence-electron chi connectivity index (χ4n) is 3.51. The molecule has 4 heterocycles. The van der Waals surface area contributed by atoms with Crippen LogP contribution in [0.5, 0.6) is 0 Å². The van der Waals surface area contributed by atoms with Crippen LogP contribution in [0.4, 0.5) is 5.95 Å². The Morgan fingerprint density at radius 1 is 1.04 bits per heavy atom. The first-order valence-corrected chi connectivity index (χ1v) is 8.69. The Morgan fingerprint density at radius 2 is 1.76 bits per heavy atom. The number of hydrogen-bond acceptors (Lipinski definition) is 7. The first-order chi connectivity index (χ1) is 12.2. The number of rotatable bonds is 4. The van der Waals surface area contributed by atoms with Gasteiger partial charge in [0.05, 0.1) is 0 Å². The smallest absolute Gasteiger partial charge is 0.273 e. The van der Waals surface area contributed by atoms with Crippen LogP contribution in [0.15, 0.2) is 35.6 Å². The zero-order chi connectivity index (χ0) is 17.2. The Morgan fingerprint density at radius 3 is 2.48 bits per heavy atom. The molecule has 0 amide bonds. The van der Waals surface area contributed by atoms with Gasteiger partial charge in [0.15, 0.2) is 0 Å². The highest BCUT2D eigenvalue weighted by Gasteiger charge is 2.34. The Hall–Kier alpha value is -2.32. The van der Waals surface area contributed by atoms with Crippen LogP contribution in [0.2, 0.25) is 0 Å². The molecule has 4 rings (SSSR count). The molecule has 2 saturated heterocycles. The highest BCUT2D eigenvalue weighted by molar-refractivity contribution is 5.29. The first kappa shape index (κ1) is 16.2. The van der Waals surface area contributed by atoms with Crippen LogP contribution < -0.4 is 10.5 Å². The number of likely N-dealkylation sites (tertiary alicyclic amines) is 1.